The molecular formula is C20H23N5O4S. The van der Waals surface area contributed by atoms with Crippen LogP contribution in [0.25, 0.3) is 0 Å². The second-order valence-corrected chi connectivity index (χ2v) is 7.35. The van der Waals surface area contributed by atoms with Gasteiger partial charge in [0.15, 0.2) is 17.2 Å². The molecule has 0 saturated carbocycles. The van der Waals surface area contributed by atoms with Crippen LogP contribution in [0, 0.1) is 0 Å². The van der Waals surface area contributed by atoms with Crippen LogP contribution < -0.4 is 20.1 Å². The topological polar surface area (TPSA) is 107 Å². The number of benzene rings is 1. The highest BCUT2D eigenvalue weighted by atomic mass is 32.1. The van der Waals surface area contributed by atoms with Gasteiger partial charge >= 0.3 is 0 Å². The Labute approximate surface area is 178 Å². The molecule has 158 valence electrons. The molecule has 1 atom stereocenters. The number of ether oxygens (including phenoxy) is 2. The van der Waals surface area contributed by atoms with Gasteiger partial charge in [-0.25, -0.2) is 4.68 Å². The number of nitrogens with one attached hydrogen (secondary N) is 2. The Morgan fingerprint density at radius 2 is 2.00 bits per heavy atom. The maximum Gasteiger partial charge on any atom is 0.273 e. The summed E-state index contributed by atoms with van der Waals surface area (Å²) in [6, 6.07) is 8.89. The van der Waals surface area contributed by atoms with Gasteiger partial charge in [0, 0.05) is 11.4 Å². The monoisotopic (exact) mass is 429 g/mol. The second-order valence-electron chi connectivity index (χ2n) is 6.37. The van der Waals surface area contributed by atoms with Gasteiger partial charge < -0.3 is 20.1 Å². The largest absolute Gasteiger partial charge is 0.493 e. The lowest BCUT2D eigenvalue weighted by molar-refractivity contribution is 0.0930. The lowest BCUT2D eigenvalue weighted by atomic mass is 10.1. The van der Waals surface area contributed by atoms with Gasteiger partial charge in [-0.15, -0.1) is 16.4 Å². The van der Waals surface area contributed by atoms with Gasteiger partial charge in [-0.2, -0.15) is 0 Å². The van der Waals surface area contributed by atoms with Crippen molar-refractivity contribution in [2.45, 2.75) is 19.5 Å². The molecule has 9 nitrogen and oxygen atoms in total. The Kier molecular flexibility index (Phi) is 7.02. The van der Waals surface area contributed by atoms with Gasteiger partial charge in [0.1, 0.15) is 0 Å². The van der Waals surface area contributed by atoms with E-state index in [2.05, 4.69) is 20.9 Å². The SMILES string of the molecule is COc1cccc(C(=O)NCCn2cc(C(=O)NC(C)c3cccs3)nn2)c1OC. The van der Waals surface area contributed by atoms with Gasteiger partial charge in [-0.05, 0) is 30.5 Å². The summed E-state index contributed by atoms with van der Waals surface area (Å²) in [4.78, 5) is 25.9. The number of para-hydroxylation sites is 1. The van der Waals surface area contributed by atoms with Crippen LogP contribution in [-0.2, 0) is 6.54 Å². The summed E-state index contributed by atoms with van der Waals surface area (Å²) in [5, 5.41) is 15.5. The zero-order valence-electron chi connectivity index (χ0n) is 16.9. The summed E-state index contributed by atoms with van der Waals surface area (Å²) >= 11 is 1.58. The standard InChI is InChI=1S/C20H23N5O4S/c1-13(17-8-5-11-30-17)22-20(27)15-12-25(24-23-15)10-9-21-19(26)14-6-4-7-16(28-2)18(14)29-3/h4-8,11-13H,9-10H2,1-3H3,(H,21,26)(H,22,27). The molecule has 0 aliphatic heterocycles. The van der Waals surface area contributed by atoms with E-state index in [0.29, 0.717) is 30.2 Å². The van der Waals surface area contributed by atoms with Crippen molar-refractivity contribution < 1.29 is 19.1 Å². The Bertz CT molecular complexity index is 1000. The number of carbonyl (C=O) groups is 2. The highest BCUT2D eigenvalue weighted by molar-refractivity contribution is 7.10. The van der Waals surface area contributed by atoms with Gasteiger partial charge in [0.2, 0.25) is 0 Å². The van der Waals surface area contributed by atoms with E-state index in [1.54, 1.807) is 35.7 Å². The minimum atomic E-state index is -0.299. The average Bonchev–Trinajstić information content (AvgIpc) is 3.45. The molecule has 2 N–H and O–H groups in total. The fourth-order valence-electron chi connectivity index (χ4n) is 2.84. The van der Waals surface area contributed by atoms with E-state index in [1.807, 2.05) is 24.4 Å². The molecule has 0 spiro atoms. The fraction of sp³-hybridized carbons (Fsp3) is 0.300. The first-order valence-electron chi connectivity index (χ1n) is 9.27. The average molecular weight is 430 g/mol. The quantitative estimate of drug-likeness (QED) is 0.540. The molecule has 3 aromatic rings. The summed E-state index contributed by atoms with van der Waals surface area (Å²) in [6.07, 6.45) is 1.55. The predicted octanol–water partition coefficient (Wildman–Crippen LogP) is 2.28. The van der Waals surface area contributed by atoms with Crippen molar-refractivity contribution in [1.29, 1.82) is 0 Å². The minimum Gasteiger partial charge on any atom is -0.493 e. The van der Waals surface area contributed by atoms with Crippen molar-refractivity contribution in [2.75, 3.05) is 20.8 Å². The molecule has 10 heteroatoms. The van der Waals surface area contributed by atoms with Crippen LogP contribution in [0.1, 0.15) is 38.7 Å². The highest BCUT2D eigenvalue weighted by Gasteiger charge is 2.17. The van der Waals surface area contributed by atoms with Crippen molar-refractivity contribution in [3.8, 4) is 11.5 Å². The number of rotatable bonds is 9. The number of hydrogen-bond donors (Lipinski definition) is 2. The molecule has 30 heavy (non-hydrogen) atoms. The second kappa shape index (κ2) is 9.88. The summed E-state index contributed by atoms with van der Waals surface area (Å²) in [7, 11) is 3.00. The van der Waals surface area contributed by atoms with E-state index in [4.69, 9.17) is 9.47 Å². The first kappa shape index (κ1) is 21.3. The van der Waals surface area contributed by atoms with Gasteiger partial charge in [0.25, 0.3) is 11.8 Å². The minimum absolute atomic E-state index is 0.111. The van der Waals surface area contributed by atoms with Crippen molar-refractivity contribution in [3.63, 3.8) is 0 Å². The molecule has 2 amide bonds. The van der Waals surface area contributed by atoms with Crippen LogP contribution in [0.4, 0.5) is 0 Å². The lowest BCUT2D eigenvalue weighted by Gasteiger charge is -2.12. The molecule has 2 heterocycles. The third-order valence-corrected chi connectivity index (χ3v) is 5.42. The highest BCUT2D eigenvalue weighted by Crippen LogP contribution is 2.30. The molecule has 1 aromatic carbocycles. The fourth-order valence-corrected chi connectivity index (χ4v) is 3.57. The summed E-state index contributed by atoms with van der Waals surface area (Å²) in [6.45, 7) is 2.57. The number of hydrogen-bond acceptors (Lipinski definition) is 7. The van der Waals surface area contributed by atoms with Crippen LogP contribution in [0.15, 0.2) is 41.9 Å². The Balaban J connectivity index is 1.53. The zero-order valence-corrected chi connectivity index (χ0v) is 17.7. The number of thiophene rings is 1. The van der Waals surface area contributed by atoms with E-state index in [-0.39, 0.29) is 23.6 Å². The van der Waals surface area contributed by atoms with Gasteiger partial charge in [-0.3, -0.25) is 9.59 Å². The molecule has 0 saturated heterocycles. The molecule has 2 aromatic heterocycles. The Morgan fingerprint density at radius 1 is 1.17 bits per heavy atom. The van der Waals surface area contributed by atoms with Crippen LogP contribution in [-0.4, -0.2) is 47.6 Å². The smallest absolute Gasteiger partial charge is 0.273 e. The van der Waals surface area contributed by atoms with Crippen molar-refractivity contribution >= 4 is 23.2 Å². The maximum absolute atomic E-state index is 12.5. The molecule has 0 fully saturated rings. The van der Waals surface area contributed by atoms with E-state index >= 15 is 0 Å². The molecule has 1 unspecified atom stereocenters. The summed E-state index contributed by atoms with van der Waals surface area (Å²) < 4.78 is 12.0. The van der Waals surface area contributed by atoms with E-state index in [1.165, 1.54) is 18.9 Å². The van der Waals surface area contributed by atoms with E-state index < -0.39 is 0 Å². The molecule has 0 aliphatic rings. The van der Waals surface area contributed by atoms with Gasteiger partial charge in [0.05, 0.1) is 38.6 Å². The van der Waals surface area contributed by atoms with E-state index in [9.17, 15) is 9.59 Å². The summed E-state index contributed by atoms with van der Waals surface area (Å²) in [5.41, 5.74) is 0.595. The van der Waals surface area contributed by atoms with Crippen LogP contribution >= 0.6 is 11.3 Å². The molecule has 0 radical (unpaired) electrons. The number of aromatic nitrogens is 3. The zero-order chi connectivity index (χ0) is 21.5. The van der Waals surface area contributed by atoms with Crippen LogP contribution in [0.3, 0.4) is 0 Å². The maximum atomic E-state index is 12.5. The van der Waals surface area contributed by atoms with Crippen LogP contribution in [0.2, 0.25) is 0 Å². The van der Waals surface area contributed by atoms with Gasteiger partial charge in [-0.1, -0.05) is 17.3 Å². The normalized spacial score (nSPS) is 11.6. The molecule has 3 rings (SSSR count). The predicted molar refractivity (Wildman–Crippen MR) is 112 cm³/mol. The molecule has 0 aliphatic carbocycles. The van der Waals surface area contributed by atoms with Crippen molar-refractivity contribution in [3.05, 3.63) is 58.0 Å². The lowest BCUT2D eigenvalue weighted by Crippen LogP contribution is -2.28. The first-order valence-corrected chi connectivity index (χ1v) is 10.1. The third kappa shape index (κ3) is 4.95. The number of nitrogens with zero attached hydrogens (tertiary/aromatic N) is 3. The third-order valence-electron chi connectivity index (χ3n) is 4.36. The number of amides is 2. The van der Waals surface area contributed by atoms with Crippen LogP contribution in [0.5, 0.6) is 11.5 Å². The van der Waals surface area contributed by atoms with Crippen molar-refractivity contribution in [2.24, 2.45) is 0 Å². The first-order chi connectivity index (χ1) is 14.5. The Hall–Kier alpha value is -3.40. The number of methoxy groups -OCH3 is 2. The summed E-state index contributed by atoms with van der Waals surface area (Å²) in [5.74, 6) is 0.256. The Morgan fingerprint density at radius 3 is 2.70 bits per heavy atom. The van der Waals surface area contributed by atoms with Crippen molar-refractivity contribution in [1.82, 2.24) is 25.6 Å². The number of carbonyl (C=O) groups excluding carboxylic acids is 2. The molecular weight excluding hydrogens is 406 g/mol. The van der Waals surface area contributed by atoms with E-state index in [0.717, 1.165) is 4.88 Å². The molecule has 0 bridgehead atoms.